The number of nitrogens with zero attached hydrogens (tertiary/aromatic N) is 2. The van der Waals surface area contributed by atoms with Gasteiger partial charge in [-0.05, 0) is 75.2 Å². The van der Waals surface area contributed by atoms with Crippen LogP contribution in [-0.4, -0.2) is 14.2 Å². The maximum absolute atomic E-state index is 12.8. The van der Waals surface area contributed by atoms with Crippen molar-refractivity contribution in [2.45, 2.75) is 56.0 Å². The molecule has 166 valence electrons. The molecule has 8 heteroatoms. The van der Waals surface area contributed by atoms with Crippen LogP contribution < -0.4 is 5.56 Å². The van der Waals surface area contributed by atoms with Crippen molar-refractivity contribution < 1.29 is 5.11 Å². The van der Waals surface area contributed by atoms with E-state index in [2.05, 4.69) is 36.1 Å². The molecule has 0 atom stereocenters. The smallest absolute Gasteiger partial charge is 0.266 e. The first-order valence-electron chi connectivity index (χ1n) is 10.5. The second-order valence-electron chi connectivity index (χ2n) is 7.39. The largest absolute Gasteiger partial charge is 0.494 e. The van der Waals surface area contributed by atoms with Crippen LogP contribution in [0, 0.1) is 4.77 Å². The Morgan fingerprint density at radius 1 is 1.16 bits per heavy atom. The SMILES string of the molecule is CCn1c(O)c(C=C=C2CCCC(C=C3Sc4ccccc4S3)=C2Cl)c(=O)n(CC)c1=S. The van der Waals surface area contributed by atoms with E-state index in [1.807, 2.05) is 13.8 Å². The maximum atomic E-state index is 12.8. The van der Waals surface area contributed by atoms with E-state index in [1.54, 1.807) is 34.2 Å². The van der Waals surface area contributed by atoms with Gasteiger partial charge in [0.25, 0.3) is 5.56 Å². The van der Waals surface area contributed by atoms with Gasteiger partial charge in [-0.2, -0.15) is 0 Å². The van der Waals surface area contributed by atoms with Crippen molar-refractivity contribution in [3.8, 4) is 5.88 Å². The zero-order valence-electron chi connectivity index (χ0n) is 17.9. The van der Waals surface area contributed by atoms with Crippen molar-refractivity contribution in [2.75, 3.05) is 0 Å². The minimum Gasteiger partial charge on any atom is -0.494 e. The molecule has 1 aromatic heterocycles. The van der Waals surface area contributed by atoms with Crippen LogP contribution in [0.3, 0.4) is 0 Å². The molecule has 2 heterocycles. The third-order valence-electron chi connectivity index (χ3n) is 5.44. The molecule has 0 radical (unpaired) electrons. The van der Waals surface area contributed by atoms with E-state index in [1.165, 1.54) is 18.6 Å². The Kier molecular flexibility index (Phi) is 7.23. The molecular formula is C24H23ClN2O2S3. The quantitative estimate of drug-likeness (QED) is 0.357. The van der Waals surface area contributed by atoms with Gasteiger partial charge >= 0.3 is 0 Å². The zero-order chi connectivity index (χ0) is 22.8. The second-order valence-corrected chi connectivity index (χ2v) is 10.6. The summed E-state index contributed by atoms with van der Waals surface area (Å²) in [5.41, 5.74) is 5.00. The van der Waals surface area contributed by atoms with E-state index in [4.69, 9.17) is 23.8 Å². The minimum atomic E-state index is -0.317. The van der Waals surface area contributed by atoms with Gasteiger partial charge in [0.15, 0.2) is 4.77 Å². The number of aromatic hydroxyl groups is 1. The summed E-state index contributed by atoms with van der Waals surface area (Å²) in [6.07, 6.45) is 6.35. The standard InChI is InChI=1S/C24H23ClN2O2S3/c1-3-26-22(28)17(23(29)27(4-2)24(26)30)13-12-15-8-7-9-16(21(15)25)14-20-31-18-10-5-6-11-19(18)32-20/h5-6,10-11,13-14,28H,3-4,7-9H2,1-2H3. The number of rotatable bonds is 4. The highest BCUT2D eigenvalue weighted by Crippen LogP contribution is 2.51. The first-order chi connectivity index (χ1) is 15.4. The molecule has 0 unspecified atom stereocenters. The summed E-state index contributed by atoms with van der Waals surface area (Å²) in [7, 11) is 0. The first-order valence-corrected chi connectivity index (χ1v) is 12.9. The predicted octanol–water partition coefficient (Wildman–Crippen LogP) is 7.08. The molecule has 1 aliphatic carbocycles. The van der Waals surface area contributed by atoms with Crippen LogP contribution >= 0.6 is 47.3 Å². The summed E-state index contributed by atoms with van der Waals surface area (Å²) in [6.45, 7) is 4.64. The molecule has 0 saturated heterocycles. The second kappa shape index (κ2) is 9.94. The number of hydrogen-bond acceptors (Lipinski definition) is 5. The summed E-state index contributed by atoms with van der Waals surface area (Å²) in [5, 5.41) is 11.3. The zero-order valence-corrected chi connectivity index (χ0v) is 21.1. The summed E-state index contributed by atoms with van der Waals surface area (Å²) >= 11 is 15.6. The lowest BCUT2D eigenvalue weighted by molar-refractivity contribution is 0.399. The van der Waals surface area contributed by atoms with Crippen molar-refractivity contribution in [2.24, 2.45) is 0 Å². The van der Waals surface area contributed by atoms with E-state index in [0.717, 1.165) is 30.4 Å². The van der Waals surface area contributed by atoms with Crippen molar-refractivity contribution in [1.29, 1.82) is 0 Å². The average molecular weight is 503 g/mol. The number of hydrogen-bond donors (Lipinski definition) is 1. The fraction of sp³-hybridized carbons (Fsp3) is 0.292. The molecule has 4 nitrogen and oxygen atoms in total. The van der Waals surface area contributed by atoms with Crippen LogP contribution in [-0.2, 0) is 13.1 Å². The fourth-order valence-electron chi connectivity index (χ4n) is 3.76. The van der Waals surface area contributed by atoms with Crippen molar-refractivity contribution in [1.82, 2.24) is 9.13 Å². The normalized spacial score (nSPS) is 15.6. The first kappa shape index (κ1) is 23.3. The van der Waals surface area contributed by atoms with Crippen LogP contribution in [0.25, 0.3) is 6.08 Å². The minimum absolute atomic E-state index is 0.130. The van der Waals surface area contributed by atoms with Gasteiger partial charge in [0, 0.05) is 28.5 Å². The Balaban J connectivity index is 1.73. The summed E-state index contributed by atoms with van der Waals surface area (Å²) in [6, 6.07) is 8.36. The molecule has 2 aromatic rings. The topological polar surface area (TPSA) is 47.2 Å². The predicted molar refractivity (Wildman–Crippen MR) is 137 cm³/mol. The van der Waals surface area contributed by atoms with Crippen molar-refractivity contribution >= 4 is 53.4 Å². The average Bonchev–Trinajstić information content (AvgIpc) is 3.19. The Morgan fingerprint density at radius 3 is 2.44 bits per heavy atom. The molecule has 1 aromatic carbocycles. The van der Waals surface area contributed by atoms with Gasteiger partial charge in [-0.25, -0.2) is 0 Å². The number of allylic oxidation sites excluding steroid dienone is 4. The van der Waals surface area contributed by atoms with E-state index in [0.29, 0.717) is 22.9 Å². The van der Waals surface area contributed by atoms with Gasteiger partial charge in [0.2, 0.25) is 5.88 Å². The van der Waals surface area contributed by atoms with Gasteiger partial charge in [0.1, 0.15) is 5.56 Å². The van der Waals surface area contributed by atoms with Gasteiger partial charge in [-0.15, -0.1) is 5.73 Å². The van der Waals surface area contributed by atoms with Gasteiger partial charge in [-0.1, -0.05) is 47.3 Å². The lowest BCUT2D eigenvalue weighted by atomic mass is 9.95. The van der Waals surface area contributed by atoms with Crippen LogP contribution in [0.1, 0.15) is 38.7 Å². The Morgan fingerprint density at radius 2 is 1.81 bits per heavy atom. The number of benzene rings is 1. The highest BCUT2D eigenvalue weighted by atomic mass is 35.5. The molecule has 4 rings (SSSR count). The molecule has 1 aliphatic heterocycles. The lowest BCUT2D eigenvalue weighted by Gasteiger charge is -2.16. The molecule has 0 amide bonds. The Hall–Kier alpha value is -1.89. The Labute approximate surface area is 206 Å². The third-order valence-corrected chi connectivity index (χ3v) is 8.77. The van der Waals surface area contributed by atoms with E-state index in [9.17, 15) is 9.90 Å². The van der Waals surface area contributed by atoms with Gasteiger partial charge in [-0.3, -0.25) is 13.9 Å². The summed E-state index contributed by atoms with van der Waals surface area (Å²) in [4.78, 5) is 15.4. The summed E-state index contributed by atoms with van der Waals surface area (Å²) in [5.74, 6) is -0.130. The van der Waals surface area contributed by atoms with E-state index in [-0.39, 0.29) is 17.0 Å². The van der Waals surface area contributed by atoms with E-state index >= 15 is 0 Å². The molecule has 0 bridgehead atoms. The summed E-state index contributed by atoms with van der Waals surface area (Å²) < 4.78 is 4.56. The number of aromatic nitrogens is 2. The van der Waals surface area contributed by atoms with Crippen molar-refractivity contribution in [3.05, 3.63) is 77.2 Å². The fourth-order valence-corrected chi connectivity index (χ4v) is 6.90. The molecular weight excluding hydrogens is 480 g/mol. The molecule has 0 spiro atoms. The third kappa shape index (κ3) is 4.45. The van der Waals surface area contributed by atoms with Gasteiger partial charge in [0.05, 0.1) is 9.27 Å². The molecule has 2 aliphatic rings. The lowest BCUT2D eigenvalue weighted by Crippen LogP contribution is -2.26. The van der Waals surface area contributed by atoms with Crippen LogP contribution in [0.4, 0.5) is 0 Å². The highest BCUT2D eigenvalue weighted by Gasteiger charge is 2.20. The Bertz CT molecular complexity index is 1300. The van der Waals surface area contributed by atoms with E-state index < -0.39 is 0 Å². The number of fused-ring (bicyclic) bond motifs is 1. The monoisotopic (exact) mass is 502 g/mol. The highest BCUT2D eigenvalue weighted by molar-refractivity contribution is 8.24. The van der Waals surface area contributed by atoms with Crippen molar-refractivity contribution in [3.63, 3.8) is 0 Å². The van der Waals surface area contributed by atoms with Gasteiger partial charge < -0.3 is 5.11 Å². The van der Waals surface area contributed by atoms with Crippen LogP contribution in [0.2, 0.25) is 0 Å². The molecule has 0 fully saturated rings. The van der Waals surface area contributed by atoms with Crippen LogP contribution in [0.5, 0.6) is 5.88 Å². The number of thioether (sulfide) groups is 2. The molecule has 0 saturated carbocycles. The van der Waals surface area contributed by atoms with Crippen LogP contribution in [0.15, 0.2) is 71.1 Å². The number of halogens is 1. The maximum Gasteiger partial charge on any atom is 0.266 e. The molecule has 1 N–H and O–H groups in total. The molecule has 32 heavy (non-hydrogen) atoms.